The summed E-state index contributed by atoms with van der Waals surface area (Å²) in [5.41, 5.74) is 5.28. The van der Waals surface area contributed by atoms with Gasteiger partial charge < -0.3 is 0 Å². The van der Waals surface area contributed by atoms with E-state index in [1.807, 2.05) is 72.8 Å². The molecule has 130 valence electrons. The zero-order valence-corrected chi connectivity index (χ0v) is 15.2. The summed E-state index contributed by atoms with van der Waals surface area (Å²) in [7, 11) is 0. The first-order chi connectivity index (χ1) is 12.8. The third-order valence-corrected chi connectivity index (χ3v) is 3.78. The summed E-state index contributed by atoms with van der Waals surface area (Å²) in [6, 6.07) is 30.6. The first-order valence-electron chi connectivity index (χ1n) is 8.91. The van der Waals surface area contributed by atoms with E-state index in [4.69, 9.17) is 0 Å². The summed E-state index contributed by atoms with van der Waals surface area (Å²) >= 11 is 0. The Labute approximate surface area is 157 Å². The van der Waals surface area contributed by atoms with Crippen LogP contribution in [0.1, 0.15) is 29.5 Å². The monoisotopic (exact) mass is 338 g/mol. The average Bonchev–Trinajstić information content (AvgIpc) is 3.55. The van der Waals surface area contributed by atoms with Crippen LogP contribution in [0.4, 0.5) is 0 Å². The topological polar surface area (TPSA) is 0 Å². The predicted octanol–water partition coefficient (Wildman–Crippen LogP) is 7.52. The highest BCUT2D eigenvalue weighted by Crippen LogP contribution is 2.29. The van der Waals surface area contributed by atoms with Gasteiger partial charge in [0.25, 0.3) is 0 Å². The van der Waals surface area contributed by atoms with Gasteiger partial charge in [-0.1, -0.05) is 128 Å². The molecule has 0 aliphatic heterocycles. The Morgan fingerprint density at radius 1 is 0.500 bits per heavy atom. The van der Waals surface area contributed by atoms with E-state index < -0.39 is 0 Å². The molecule has 3 aromatic carbocycles. The molecule has 0 nitrogen and oxygen atoms in total. The Bertz CT molecular complexity index is 747. The molecule has 0 unspecified atom stereocenters. The van der Waals surface area contributed by atoms with Crippen molar-refractivity contribution in [2.75, 3.05) is 0 Å². The van der Waals surface area contributed by atoms with Gasteiger partial charge in [-0.3, -0.25) is 0 Å². The molecule has 0 saturated heterocycles. The van der Waals surface area contributed by atoms with E-state index >= 15 is 0 Å². The van der Waals surface area contributed by atoms with E-state index in [0.29, 0.717) is 0 Å². The first-order valence-corrected chi connectivity index (χ1v) is 8.91. The summed E-state index contributed by atoms with van der Waals surface area (Å²) in [4.78, 5) is 0. The van der Waals surface area contributed by atoms with Gasteiger partial charge in [-0.2, -0.15) is 0 Å². The van der Waals surface area contributed by atoms with Crippen molar-refractivity contribution in [1.82, 2.24) is 0 Å². The minimum Gasteiger partial charge on any atom is -0.0985 e. The lowest BCUT2D eigenvalue weighted by atomic mass is 10.2. The zero-order valence-electron chi connectivity index (χ0n) is 15.2. The molecule has 1 saturated carbocycles. The van der Waals surface area contributed by atoms with Crippen molar-refractivity contribution in [3.63, 3.8) is 0 Å². The molecule has 1 fully saturated rings. The Morgan fingerprint density at radius 2 is 0.846 bits per heavy atom. The van der Waals surface area contributed by atoms with Crippen molar-refractivity contribution in [1.29, 1.82) is 0 Å². The molecule has 0 amide bonds. The largest absolute Gasteiger partial charge is 0.0985 e. The van der Waals surface area contributed by atoms with Gasteiger partial charge in [-0.15, -0.1) is 0 Å². The van der Waals surface area contributed by atoms with Gasteiger partial charge in [0.1, 0.15) is 0 Å². The van der Waals surface area contributed by atoms with Crippen molar-refractivity contribution in [3.05, 3.63) is 126 Å². The molecule has 0 spiro atoms. The van der Waals surface area contributed by atoms with E-state index in [9.17, 15) is 0 Å². The fraction of sp³-hybridized carbons (Fsp3) is 0.0769. The summed E-state index contributed by atoms with van der Waals surface area (Å²) < 4.78 is 0. The molecule has 0 heterocycles. The maximum absolute atomic E-state index is 3.63. The number of benzene rings is 3. The molecule has 3 aromatic rings. The van der Waals surface area contributed by atoms with Crippen molar-refractivity contribution < 1.29 is 0 Å². The molecule has 4 rings (SSSR count). The van der Waals surface area contributed by atoms with Crippen LogP contribution in [0.25, 0.3) is 18.2 Å². The molecule has 1 aliphatic rings. The Kier molecular flexibility index (Phi) is 8.45. The fourth-order valence-electron chi connectivity index (χ4n) is 2.18. The van der Waals surface area contributed by atoms with Gasteiger partial charge in [0.05, 0.1) is 0 Å². The molecule has 26 heavy (non-hydrogen) atoms. The van der Waals surface area contributed by atoms with Crippen LogP contribution in [0.5, 0.6) is 0 Å². The average molecular weight is 338 g/mol. The first kappa shape index (κ1) is 19.2. The van der Waals surface area contributed by atoms with Gasteiger partial charge in [-0.25, -0.2) is 0 Å². The van der Waals surface area contributed by atoms with Crippen LogP contribution in [-0.4, -0.2) is 0 Å². The fourth-order valence-corrected chi connectivity index (χ4v) is 2.18. The second kappa shape index (κ2) is 11.4. The molecule has 0 bridgehead atoms. The van der Waals surface area contributed by atoms with Gasteiger partial charge in [0, 0.05) is 0 Å². The summed E-state index contributed by atoms with van der Waals surface area (Å²) in [5, 5.41) is 0. The highest BCUT2D eigenvalue weighted by atomic mass is 14.1. The quantitative estimate of drug-likeness (QED) is 0.463. The van der Waals surface area contributed by atoms with E-state index in [0.717, 1.165) is 0 Å². The minimum atomic E-state index is 1.17. The standard InChI is InChI=1S/C10H10.2C8H8/c1-2-4-9(5-3-1)8-10-6-7-10;2*1-2-8-6-4-3-5-7-8/h1-5,8H,6-7H2;2*2-7H,1H2. The summed E-state index contributed by atoms with van der Waals surface area (Å²) in [6.45, 7) is 7.26. The van der Waals surface area contributed by atoms with Crippen molar-refractivity contribution >= 4 is 18.2 Å². The number of allylic oxidation sites excluding steroid dienone is 1. The number of hydrogen-bond acceptors (Lipinski definition) is 0. The smallest absolute Gasteiger partial charge is 0.0257 e. The van der Waals surface area contributed by atoms with Crippen LogP contribution in [0, 0.1) is 0 Å². The normalized spacial score (nSPS) is 11.0. The van der Waals surface area contributed by atoms with Gasteiger partial charge >= 0.3 is 0 Å². The van der Waals surface area contributed by atoms with Crippen LogP contribution >= 0.6 is 0 Å². The van der Waals surface area contributed by atoms with Crippen LogP contribution in [0.3, 0.4) is 0 Å². The number of rotatable bonds is 3. The molecular weight excluding hydrogens is 312 g/mol. The van der Waals surface area contributed by atoms with Crippen LogP contribution in [-0.2, 0) is 0 Å². The van der Waals surface area contributed by atoms with E-state index in [2.05, 4.69) is 49.6 Å². The van der Waals surface area contributed by atoms with Crippen LogP contribution < -0.4 is 0 Å². The highest BCUT2D eigenvalue weighted by molar-refractivity contribution is 5.56. The van der Waals surface area contributed by atoms with Gasteiger partial charge in [0.15, 0.2) is 0 Å². The van der Waals surface area contributed by atoms with Crippen LogP contribution in [0.15, 0.2) is 110 Å². The highest BCUT2D eigenvalue weighted by Gasteiger charge is 2.09. The van der Waals surface area contributed by atoms with Crippen LogP contribution in [0.2, 0.25) is 0 Å². The maximum Gasteiger partial charge on any atom is -0.0257 e. The third-order valence-electron chi connectivity index (χ3n) is 3.78. The molecule has 0 heteroatoms. The molecule has 0 radical (unpaired) electrons. The SMILES string of the molecule is C(=C1CC1)c1ccccc1.C=Cc1ccccc1.C=Cc1ccccc1. The Hall–Kier alpha value is -3.12. The second-order valence-corrected chi connectivity index (χ2v) is 5.94. The predicted molar refractivity (Wildman–Crippen MR) is 117 cm³/mol. The van der Waals surface area contributed by atoms with Gasteiger partial charge in [-0.05, 0) is 29.5 Å². The maximum atomic E-state index is 3.63. The van der Waals surface area contributed by atoms with E-state index in [1.54, 1.807) is 5.57 Å². The van der Waals surface area contributed by atoms with Crippen molar-refractivity contribution in [2.24, 2.45) is 0 Å². The second-order valence-electron chi connectivity index (χ2n) is 5.94. The number of hydrogen-bond donors (Lipinski definition) is 0. The molecule has 0 aromatic heterocycles. The lowest BCUT2D eigenvalue weighted by molar-refractivity contribution is 1.50. The zero-order chi connectivity index (χ0) is 18.5. The van der Waals surface area contributed by atoms with Gasteiger partial charge in [0.2, 0.25) is 0 Å². The third kappa shape index (κ3) is 8.12. The summed E-state index contributed by atoms with van der Waals surface area (Å²) in [5.74, 6) is 0. The lowest BCUT2D eigenvalue weighted by Gasteiger charge is -1.87. The van der Waals surface area contributed by atoms with E-state index in [-0.39, 0.29) is 0 Å². The summed E-state index contributed by atoms with van der Waals surface area (Å²) in [6.07, 6.45) is 8.57. The van der Waals surface area contributed by atoms with E-state index in [1.165, 1.54) is 29.5 Å². The Balaban J connectivity index is 0.000000142. The Morgan fingerprint density at radius 3 is 1.12 bits per heavy atom. The van der Waals surface area contributed by atoms with Crippen molar-refractivity contribution in [2.45, 2.75) is 12.8 Å². The molecular formula is C26H26. The lowest BCUT2D eigenvalue weighted by Crippen LogP contribution is -1.66. The molecule has 0 N–H and O–H groups in total. The molecule has 0 atom stereocenters. The molecule has 1 aliphatic carbocycles. The van der Waals surface area contributed by atoms with Crippen molar-refractivity contribution in [3.8, 4) is 0 Å². The minimum absolute atomic E-state index is 1.17.